The Labute approximate surface area is 185 Å². The molecule has 1 N–H and O–H groups in total. The summed E-state index contributed by atoms with van der Waals surface area (Å²) < 4.78 is 28.5. The molecule has 0 atom stereocenters. The van der Waals surface area contributed by atoms with Gasteiger partial charge in [-0.05, 0) is 50.9 Å². The van der Waals surface area contributed by atoms with Gasteiger partial charge in [0.15, 0.2) is 5.82 Å². The second kappa shape index (κ2) is 11.6. The van der Waals surface area contributed by atoms with Crippen LogP contribution in [0.5, 0.6) is 0 Å². The summed E-state index contributed by atoms with van der Waals surface area (Å²) in [5.41, 5.74) is -0.571. The van der Waals surface area contributed by atoms with E-state index in [1.807, 2.05) is 7.05 Å². The van der Waals surface area contributed by atoms with E-state index in [-0.39, 0.29) is 41.2 Å². The first-order valence-corrected chi connectivity index (χ1v) is 9.31. The summed E-state index contributed by atoms with van der Waals surface area (Å²) in [4.78, 5) is 18.5. The Hall–Kier alpha value is -1.48. The zero-order valence-corrected chi connectivity index (χ0v) is 18.2. The number of alkyl halides is 2. The molecule has 1 fully saturated rings. The maximum Gasteiger partial charge on any atom is 0.281 e. The standard InChI is InChI=1S/C18H22ClF2N5O.2ClH/c1-22-8-4-12-5-9-25(10-6-12)18(27)13-11-24-26(15(13)16(20)21)17-14(19)3-2-7-23-17;;/h2-3,7,11-12,16,22H,4-6,8-10H2,1H3;2*1H. The first-order valence-electron chi connectivity index (χ1n) is 8.93. The minimum Gasteiger partial charge on any atom is -0.339 e. The molecular weight excluding hydrogens is 447 g/mol. The normalized spacial score (nSPS) is 14.4. The molecule has 0 spiro atoms. The molecule has 0 aromatic carbocycles. The molecule has 0 aliphatic carbocycles. The molecule has 29 heavy (non-hydrogen) atoms. The molecule has 0 unspecified atom stereocenters. The van der Waals surface area contributed by atoms with Crippen molar-refractivity contribution in [3.05, 3.63) is 40.8 Å². The third-order valence-electron chi connectivity index (χ3n) is 4.89. The zero-order valence-electron chi connectivity index (χ0n) is 15.9. The minimum absolute atomic E-state index is 0. The maximum absolute atomic E-state index is 13.8. The second-order valence-electron chi connectivity index (χ2n) is 6.59. The van der Waals surface area contributed by atoms with Crippen molar-refractivity contribution in [2.75, 3.05) is 26.7 Å². The van der Waals surface area contributed by atoms with Crippen molar-refractivity contribution < 1.29 is 13.6 Å². The van der Waals surface area contributed by atoms with E-state index in [1.165, 1.54) is 18.5 Å². The smallest absolute Gasteiger partial charge is 0.281 e. The van der Waals surface area contributed by atoms with Gasteiger partial charge in [0, 0.05) is 19.3 Å². The van der Waals surface area contributed by atoms with E-state index in [9.17, 15) is 13.6 Å². The van der Waals surface area contributed by atoms with Gasteiger partial charge in [-0.15, -0.1) is 24.8 Å². The number of hydrogen-bond acceptors (Lipinski definition) is 4. The number of nitrogens with one attached hydrogen (secondary N) is 1. The Bertz CT molecular complexity index is 798. The van der Waals surface area contributed by atoms with Crippen LogP contribution in [0.3, 0.4) is 0 Å². The van der Waals surface area contributed by atoms with E-state index in [2.05, 4.69) is 15.4 Å². The zero-order chi connectivity index (χ0) is 19.4. The molecule has 2 aromatic rings. The molecule has 0 saturated carbocycles. The van der Waals surface area contributed by atoms with Crippen LogP contribution in [0.15, 0.2) is 24.5 Å². The number of pyridine rings is 1. The molecule has 162 valence electrons. The van der Waals surface area contributed by atoms with E-state index in [4.69, 9.17) is 11.6 Å². The summed E-state index contributed by atoms with van der Waals surface area (Å²) in [6.07, 6.45) is 2.54. The van der Waals surface area contributed by atoms with Crippen LogP contribution in [0.2, 0.25) is 5.02 Å². The van der Waals surface area contributed by atoms with Gasteiger partial charge >= 0.3 is 0 Å². The summed E-state index contributed by atoms with van der Waals surface area (Å²) in [6.45, 7) is 2.06. The summed E-state index contributed by atoms with van der Waals surface area (Å²) in [6, 6.07) is 3.14. The molecule has 0 radical (unpaired) electrons. The SMILES string of the molecule is CNCCC1CCN(C(=O)c2cnn(-c3ncccc3Cl)c2C(F)F)CC1.Cl.Cl. The Morgan fingerprint density at radius 2 is 2.03 bits per heavy atom. The molecule has 0 bridgehead atoms. The molecule has 1 amide bonds. The number of amides is 1. The van der Waals surface area contributed by atoms with Crippen molar-refractivity contribution in [2.24, 2.45) is 5.92 Å². The number of carbonyl (C=O) groups is 1. The van der Waals surface area contributed by atoms with Gasteiger partial charge in [0.05, 0.1) is 16.8 Å². The molecule has 1 saturated heterocycles. The minimum atomic E-state index is -2.88. The van der Waals surface area contributed by atoms with Crippen LogP contribution in [0.1, 0.15) is 41.7 Å². The van der Waals surface area contributed by atoms with Crippen molar-refractivity contribution in [1.29, 1.82) is 0 Å². The Balaban J connectivity index is 0.00000210. The predicted molar refractivity (Wildman–Crippen MR) is 113 cm³/mol. The molecule has 2 aromatic heterocycles. The fourth-order valence-corrected chi connectivity index (χ4v) is 3.58. The van der Waals surface area contributed by atoms with Crippen molar-refractivity contribution in [3.63, 3.8) is 0 Å². The van der Waals surface area contributed by atoms with E-state index >= 15 is 0 Å². The highest BCUT2D eigenvalue weighted by atomic mass is 35.5. The summed E-state index contributed by atoms with van der Waals surface area (Å²) in [7, 11) is 1.91. The monoisotopic (exact) mass is 469 g/mol. The highest BCUT2D eigenvalue weighted by Crippen LogP contribution is 2.29. The fraction of sp³-hybridized carbons (Fsp3) is 0.500. The summed E-state index contributed by atoms with van der Waals surface area (Å²) in [5.74, 6) is 0.209. The van der Waals surface area contributed by atoms with Crippen LogP contribution in [-0.2, 0) is 0 Å². The van der Waals surface area contributed by atoms with Gasteiger partial charge in [-0.3, -0.25) is 4.79 Å². The van der Waals surface area contributed by atoms with Gasteiger partial charge in [-0.2, -0.15) is 5.10 Å². The van der Waals surface area contributed by atoms with Gasteiger partial charge in [0.2, 0.25) is 0 Å². The van der Waals surface area contributed by atoms with Gasteiger partial charge in [0.1, 0.15) is 5.69 Å². The van der Waals surface area contributed by atoms with Crippen molar-refractivity contribution in [2.45, 2.75) is 25.7 Å². The van der Waals surface area contributed by atoms with Crippen molar-refractivity contribution in [3.8, 4) is 5.82 Å². The lowest BCUT2D eigenvalue weighted by molar-refractivity contribution is 0.0674. The molecule has 11 heteroatoms. The van der Waals surface area contributed by atoms with E-state index in [0.29, 0.717) is 19.0 Å². The lowest BCUT2D eigenvalue weighted by Gasteiger charge is -2.32. The number of carbonyl (C=O) groups excluding carboxylic acids is 1. The average molecular weight is 471 g/mol. The topological polar surface area (TPSA) is 63.1 Å². The third-order valence-corrected chi connectivity index (χ3v) is 5.18. The van der Waals surface area contributed by atoms with Gasteiger partial charge < -0.3 is 10.2 Å². The second-order valence-corrected chi connectivity index (χ2v) is 7.00. The van der Waals surface area contributed by atoms with E-state index in [1.54, 1.807) is 11.0 Å². The van der Waals surface area contributed by atoms with Crippen LogP contribution < -0.4 is 5.32 Å². The lowest BCUT2D eigenvalue weighted by Crippen LogP contribution is -2.39. The number of likely N-dealkylation sites (tertiary alicyclic amines) is 1. The van der Waals surface area contributed by atoms with Crippen molar-refractivity contribution >= 4 is 42.3 Å². The van der Waals surface area contributed by atoms with Crippen LogP contribution >= 0.6 is 36.4 Å². The quantitative estimate of drug-likeness (QED) is 0.688. The number of halogens is 5. The number of aromatic nitrogens is 3. The van der Waals surface area contributed by atoms with Crippen LogP contribution in [0, 0.1) is 5.92 Å². The average Bonchev–Trinajstić information content (AvgIpc) is 3.11. The molecule has 1 aliphatic heterocycles. The summed E-state index contributed by atoms with van der Waals surface area (Å²) in [5, 5.41) is 7.29. The van der Waals surface area contributed by atoms with Crippen LogP contribution in [-0.4, -0.2) is 52.3 Å². The molecular formula is C18H24Cl3F2N5O. The largest absolute Gasteiger partial charge is 0.339 e. The first-order chi connectivity index (χ1) is 13.0. The van der Waals surface area contributed by atoms with Crippen LogP contribution in [0.25, 0.3) is 5.82 Å². The number of rotatable bonds is 6. The lowest BCUT2D eigenvalue weighted by atomic mass is 9.93. The molecule has 1 aliphatic rings. The predicted octanol–water partition coefficient (Wildman–Crippen LogP) is 4.16. The van der Waals surface area contributed by atoms with E-state index < -0.39 is 18.0 Å². The highest BCUT2D eigenvalue weighted by molar-refractivity contribution is 6.32. The Kier molecular flexibility index (Phi) is 10.3. The fourth-order valence-electron chi connectivity index (χ4n) is 3.38. The van der Waals surface area contributed by atoms with Crippen molar-refractivity contribution in [1.82, 2.24) is 25.0 Å². The molecule has 3 heterocycles. The highest BCUT2D eigenvalue weighted by Gasteiger charge is 2.31. The van der Waals surface area contributed by atoms with Gasteiger partial charge in [-0.25, -0.2) is 18.4 Å². The third kappa shape index (κ3) is 5.78. The van der Waals surface area contributed by atoms with Crippen LogP contribution in [0.4, 0.5) is 8.78 Å². The first kappa shape index (κ1) is 25.6. The number of nitrogens with zero attached hydrogens (tertiary/aromatic N) is 4. The Morgan fingerprint density at radius 3 is 2.62 bits per heavy atom. The summed E-state index contributed by atoms with van der Waals surface area (Å²) >= 11 is 6.06. The molecule has 6 nitrogen and oxygen atoms in total. The maximum atomic E-state index is 13.8. The number of piperidine rings is 1. The Morgan fingerprint density at radius 1 is 1.34 bits per heavy atom. The van der Waals surface area contributed by atoms with E-state index in [0.717, 1.165) is 30.5 Å². The van der Waals surface area contributed by atoms with Gasteiger partial charge in [0.25, 0.3) is 12.3 Å². The number of hydrogen-bond donors (Lipinski definition) is 1. The van der Waals surface area contributed by atoms with Gasteiger partial charge in [-0.1, -0.05) is 11.6 Å². The molecule has 3 rings (SSSR count).